The second-order valence-corrected chi connectivity index (χ2v) is 6.44. The molecular formula is C14H14N2O2S. The van der Waals surface area contributed by atoms with Crippen molar-refractivity contribution in [1.82, 2.24) is 4.98 Å². The third kappa shape index (κ3) is 2.00. The monoisotopic (exact) mass is 274 g/mol. The quantitative estimate of drug-likeness (QED) is 0.843. The molecule has 98 valence electrons. The van der Waals surface area contributed by atoms with Crippen LogP contribution in [0.25, 0.3) is 0 Å². The van der Waals surface area contributed by atoms with Crippen LogP contribution >= 0.6 is 0 Å². The first-order chi connectivity index (χ1) is 9.09. The van der Waals surface area contributed by atoms with Gasteiger partial charge in [-0.2, -0.15) is 0 Å². The van der Waals surface area contributed by atoms with Crippen molar-refractivity contribution in [1.29, 1.82) is 0 Å². The lowest BCUT2D eigenvalue weighted by Gasteiger charge is -2.18. The Balaban J connectivity index is 2.09. The van der Waals surface area contributed by atoms with E-state index in [1.807, 2.05) is 19.1 Å². The zero-order chi connectivity index (χ0) is 13.5. The van der Waals surface area contributed by atoms with Gasteiger partial charge in [-0.3, -0.25) is 0 Å². The number of nitrogens with zero attached hydrogens (tertiary/aromatic N) is 2. The number of benzene rings is 1. The van der Waals surface area contributed by atoms with Crippen LogP contribution in [-0.4, -0.2) is 19.9 Å². The maximum atomic E-state index is 12.6. The molecule has 0 spiro atoms. The summed E-state index contributed by atoms with van der Waals surface area (Å²) >= 11 is 0. The van der Waals surface area contributed by atoms with Gasteiger partial charge in [-0.05, 0) is 37.1 Å². The minimum absolute atomic E-state index is 0.311. The molecule has 0 amide bonds. The highest BCUT2D eigenvalue weighted by Crippen LogP contribution is 2.31. The SMILES string of the molecule is Cc1ccc2c(n1)N(S(=O)(=O)c1ccccc1)CC2. The summed E-state index contributed by atoms with van der Waals surface area (Å²) in [5.41, 5.74) is 1.82. The molecule has 19 heavy (non-hydrogen) atoms. The second kappa shape index (κ2) is 4.35. The summed E-state index contributed by atoms with van der Waals surface area (Å²) in [4.78, 5) is 4.68. The van der Waals surface area contributed by atoms with Crippen LogP contribution in [0.5, 0.6) is 0 Å². The normalized spacial score (nSPS) is 14.5. The standard InChI is InChI=1S/C14H14N2O2S/c1-11-7-8-12-9-10-16(14(12)15-11)19(17,18)13-5-3-2-4-6-13/h2-8H,9-10H2,1H3. The van der Waals surface area contributed by atoms with Crippen LogP contribution in [0.4, 0.5) is 5.82 Å². The van der Waals surface area contributed by atoms with Crippen LogP contribution in [0.15, 0.2) is 47.4 Å². The van der Waals surface area contributed by atoms with E-state index in [0.29, 0.717) is 23.7 Å². The van der Waals surface area contributed by atoms with Crippen LogP contribution in [0.3, 0.4) is 0 Å². The number of fused-ring (bicyclic) bond motifs is 1. The summed E-state index contributed by atoms with van der Waals surface area (Å²) in [6.45, 7) is 2.33. The van der Waals surface area contributed by atoms with E-state index in [2.05, 4.69) is 4.98 Å². The molecule has 0 N–H and O–H groups in total. The zero-order valence-electron chi connectivity index (χ0n) is 10.6. The largest absolute Gasteiger partial charge is 0.265 e. The molecule has 0 saturated heterocycles. The Bertz CT molecular complexity index is 711. The zero-order valence-corrected chi connectivity index (χ0v) is 11.4. The summed E-state index contributed by atoms with van der Waals surface area (Å²) in [5.74, 6) is 0.573. The van der Waals surface area contributed by atoms with Crippen LogP contribution in [0, 0.1) is 6.92 Å². The molecule has 0 unspecified atom stereocenters. The van der Waals surface area contributed by atoms with Crippen molar-refractivity contribution in [3.63, 3.8) is 0 Å². The number of anilines is 1. The van der Waals surface area contributed by atoms with E-state index < -0.39 is 10.0 Å². The van der Waals surface area contributed by atoms with Crippen LogP contribution in [0.2, 0.25) is 0 Å². The van der Waals surface area contributed by atoms with E-state index in [1.165, 1.54) is 4.31 Å². The van der Waals surface area contributed by atoms with Crippen molar-refractivity contribution in [3.05, 3.63) is 53.7 Å². The molecule has 2 heterocycles. The number of hydrogen-bond donors (Lipinski definition) is 0. The highest BCUT2D eigenvalue weighted by molar-refractivity contribution is 7.92. The predicted molar refractivity (Wildman–Crippen MR) is 73.7 cm³/mol. The Morgan fingerprint density at radius 1 is 1.11 bits per heavy atom. The number of hydrogen-bond acceptors (Lipinski definition) is 3. The van der Waals surface area contributed by atoms with Gasteiger partial charge in [-0.1, -0.05) is 24.3 Å². The molecule has 5 heteroatoms. The summed E-state index contributed by atoms with van der Waals surface area (Å²) in [6.07, 6.45) is 0.717. The highest BCUT2D eigenvalue weighted by atomic mass is 32.2. The fraction of sp³-hybridized carbons (Fsp3) is 0.214. The predicted octanol–water partition coefficient (Wildman–Crippen LogP) is 2.14. The molecule has 1 aliphatic rings. The molecule has 0 radical (unpaired) electrons. The third-order valence-electron chi connectivity index (χ3n) is 3.25. The Morgan fingerprint density at radius 2 is 1.84 bits per heavy atom. The van der Waals surface area contributed by atoms with Gasteiger partial charge in [0.2, 0.25) is 0 Å². The molecule has 0 fully saturated rings. The first kappa shape index (κ1) is 12.2. The Kier molecular flexibility index (Phi) is 2.78. The maximum Gasteiger partial charge on any atom is 0.265 e. The lowest BCUT2D eigenvalue weighted by atomic mass is 10.2. The van der Waals surface area contributed by atoms with E-state index in [0.717, 1.165) is 11.3 Å². The first-order valence-corrected chi connectivity index (χ1v) is 7.57. The average Bonchev–Trinajstić information content (AvgIpc) is 2.83. The summed E-state index contributed by atoms with van der Waals surface area (Å²) in [5, 5.41) is 0. The number of pyridine rings is 1. The van der Waals surface area contributed by atoms with Crippen LogP contribution in [-0.2, 0) is 16.4 Å². The van der Waals surface area contributed by atoms with Gasteiger partial charge < -0.3 is 0 Å². The maximum absolute atomic E-state index is 12.6. The molecule has 4 nitrogen and oxygen atoms in total. The second-order valence-electron chi connectivity index (χ2n) is 4.58. The van der Waals surface area contributed by atoms with Crippen molar-refractivity contribution in [2.45, 2.75) is 18.2 Å². The van der Waals surface area contributed by atoms with Crippen molar-refractivity contribution in [2.24, 2.45) is 0 Å². The lowest BCUT2D eigenvalue weighted by molar-refractivity contribution is 0.592. The average molecular weight is 274 g/mol. The van der Waals surface area contributed by atoms with Gasteiger partial charge in [0, 0.05) is 12.2 Å². The molecule has 0 atom stereocenters. The van der Waals surface area contributed by atoms with E-state index >= 15 is 0 Å². The topological polar surface area (TPSA) is 50.3 Å². The fourth-order valence-corrected chi connectivity index (χ4v) is 3.74. The Labute approximate surface area is 112 Å². The summed E-state index contributed by atoms with van der Waals surface area (Å²) < 4.78 is 26.6. The van der Waals surface area contributed by atoms with E-state index in [1.54, 1.807) is 30.3 Å². The van der Waals surface area contributed by atoms with Crippen LogP contribution in [0.1, 0.15) is 11.3 Å². The lowest BCUT2D eigenvalue weighted by Crippen LogP contribution is -2.29. The van der Waals surface area contributed by atoms with Crippen molar-refractivity contribution in [2.75, 3.05) is 10.8 Å². The number of aromatic nitrogens is 1. The Hall–Kier alpha value is -1.88. The smallest absolute Gasteiger partial charge is 0.249 e. The van der Waals surface area contributed by atoms with Gasteiger partial charge >= 0.3 is 0 Å². The molecular weight excluding hydrogens is 260 g/mol. The van der Waals surface area contributed by atoms with Crippen molar-refractivity contribution >= 4 is 15.8 Å². The van der Waals surface area contributed by atoms with E-state index in [9.17, 15) is 8.42 Å². The van der Waals surface area contributed by atoms with Crippen molar-refractivity contribution < 1.29 is 8.42 Å². The number of aryl methyl sites for hydroxylation is 1. The van der Waals surface area contributed by atoms with E-state index in [-0.39, 0.29) is 0 Å². The Morgan fingerprint density at radius 3 is 2.58 bits per heavy atom. The molecule has 0 aliphatic carbocycles. The molecule has 2 aromatic rings. The van der Waals surface area contributed by atoms with Gasteiger partial charge in [0.25, 0.3) is 10.0 Å². The summed E-state index contributed by atoms with van der Waals surface area (Å²) in [7, 11) is -3.50. The summed E-state index contributed by atoms with van der Waals surface area (Å²) in [6, 6.07) is 12.4. The number of sulfonamides is 1. The van der Waals surface area contributed by atoms with E-state index in [4.69, 9.17) is 0 Å². The van der Waals surface area contributed by atoms with Crippen molar-refractivity contribution in [3.8, 4) is 0 Å². The molecule has 0 bridgehead atoms. The van der Waals surface area contributed by atoms with Gasteiger partial charge in [-0.25, -0.2) is 17.7 Å². The molecule has 1 aromatic carbocycles. The minimum Gasteiger partial charge on any atom is -0.249 e. The molecule has 0 saturated carbocycles. The van der Waals surface area contributed by atoms with Gasteiger partial charge in [0.05, 0.1) is 4.90 Å². The van der Waals surface area contributed by atoms with Gasteiger partial charge in [0.1, 0.15) is 5.82 Å². The highest BCUT2D eigenvalue weighted by Gasteiger charge is 2.31. The van der Waals surface area contributed by atoms with Crippen LogP contribution < -0.4 is 4.31 Å². The third-order valence-corrected chi connectivity index (χ3v) is 5.05. The minimum atomic E-state index is -3.50. The molecule has 1 aromatic heterocycles. The molecule has 3 rings (SSSR count). The van der Waals surface area contributed by atoms with Gasteiger partial charge in [0.15, 0.2) is 0 Å². The van der Waals surface area contributed by atoms with Gasteiger partial charge in [-0.15, -0.1) is 0 Å². The number of rotatable bonds is 2. The first-order valence-electron chi connectivity index (χ1n) is 6.13. The molecule has 1 aliphatic heterocycles. The fourth-order valence-electron chi connectivity index (χ4n) is 2.26.